The average molecular weight is 1060 g/mol. The minimum absolute atomic E-state index is 0.0612. The number of carbonyl (C=O) groups excluding carboxylic acids is 4. The number of esters is 1. The lowest BCUT2D eigenvalue weighted by molar-refractivity contribution is -0.775. The van der Waals surface area contributed by atoms with E-state index in [0.29, 0.717) is 38.2 Å². The highest BCUT2D eigenvalue weighted by Gasteiger charge is 2.51. The second-order valence-corrected chi connectivity index (χ2v) is 29.4. The Morgan fingerprint density at radius 2 is 1.44 bits per heavy atom. The molecule has 1 aliphatic rings. The second-order valence-electron chi connectivity index (χ2n) is 23.7. The number of nitrogens with one attached hydrogen (secondary N) is 3. The van der Waals surface area contributed by atoms with Crippen LogP contribution >= 0.6 is 11.3 Å². The van der Waals surface area contributed by atoms with Crippen LogP contribution in [0.1, 0.15) is 135 Å². The first-order valence-corrected chi connectivity index (χ1v) is 28.3. The average Bonchev–Trinajstić information content (AvgIpc) is 3.84. The maximum absolute atomic E-state index is 14.1. The second kappa shape index (κ2) is 23.2. The number of anilines is 1. The molecule has 1 aromatic carbocycles. The zero-order chi connectivity index (χ0) is 55.1. The minimum atomic E-state index is -2.36. The van der Waals surface area contributed by atoms with Gasteiger partial charge < -0.3 is 48.7 Å². The number of alkyl carbamates (subject to hydrolysis) is 2. The normalized spacial score (nSPS) is 15.9. The van der Waals surface area contributed by atoms with Crippen LogP contribution < -0.4 is 25.4 Å². The molecule has 0 radical (unpaired) electrons. The Bertz CT molecular complexity index is 2470. The molecule has 0 saturated heterocycles. The number of benzene rings is 1. The van der Waals surface area contributed by atoms with E-state index in [9.17, 15) is 29.1 Å². The van der Waals surface area contributed by atoms with E-state index in [1.54, 1.807) is 41.5 Å². The lowest BCUT2D eigenvalue weighted by atomic mass is 9.89. The van der Waals surface area contributed by atoms with Gasteiger partial charge in [0.15, 0.2) is 26.1 Å². The number of thiazole rings is 1. The third-order valence-electron chi connectivity index (χ3n) is 11.3. The Hall–Kier alpha value is -5.74. The van der Waals surface area contributed by atoms with Crippen LogP contribution in [0.4, 0.5) is 19.5 Å². The predicted molar refractivity (Wildman–Crippen MR) is 279 cm³/mol. The lowest BCUT2D eigenvalue weighted by Gasteiger charge is -2.39. The van der Waals surface area contributed by atoms with Crippen molar-refractivity contribution in [2.24, 2.45) is 5.16 Å². The van der Waals surface area contributed by atoms with Crippen LogP contribution in [0.15, 0.2) is 41.1 Å². The number of aliphatic carboxylic acids is 1. The molecule has 0 fully saturated rings. The van der Waals surface area contributed by atoms with Crippen molar-refractivity contribution in [2.75, 3.05) is 18.4 Å². The van der Waals surface area contributed by atoms with Gasteiger partial charge in [0.05, 0.1) is 17.9 Å². The first-order chi connectivity index (χ1) is 33.3. The molecule has 20 nitrogen and oxygen atoms in total. The number of rotatable bonds is 18. The monoisotopic (exact) mass is 1060 g/mol. The van der Waals surface area contributed by atoms with Crippen molar-refractivity contribution in [3.63, 3.8) is 0 Å². The highest BCUT2D eigenvalue weighted by molar-refractivity contribution is 7.14. The molecule has 3 aromatic rings. The van der Waals surface area contributed by atoms with Gasteiger partial charge in [-0.2, -0.15) is 4.68 Å². The topological polar surface area (TPSA) is 240 Å². The smallest absolute Gasteiger partial charge is 0.413 e. The Morgan fingerprint density at radius 3 is 2.01 bits per heavy atom. The molecule has 0 saturated carbocycles. The summed E-state index contributed by atoms with van der Waals surface area (Å²) in [5, 5.41) is 23.8. The molecule has 22 heteroatoms. The van der Waals surface area contributed by atoms with Crippen molar-refractivity contribution < 1.29 is 66.7 Å². The quantitative estimate of drug-likeness (QED) is 0.0177. The summed E-state index contributed by atoms with van der Waals surface area (Å²) >= 11 is 0.953. The van der Waals surface area contributed by atoms with Crippen LogP contribution in [0.25, 0.3) is 11.1 Å². The van der Waals surface area contributed by atoms with E-state index in [1.165, 1.54) is 12.3 Å². The van der Waals surface area contributed by atoms with Gasteiger partial charge in [-0.25, -0.2) is 29.0 Å². The molecule has 0 aliphatic carbocycles. The van der Waals surface area contributed by atoms with Gasteiger partial charge in [0, 0.05) is 24.9 Å². The molecule has 406 valence electrons. The van der Waals surface area contributed by atoms with Gasteiger partial charge in [0.1, 0.15) is 40.4 Å². The van der Waals surface area contributed by atoms with Gasteiger partial charge in [0.2, 0.25) is 11.9 Å². The molecule has 3 amide bonds. The fourth-order valence-electron chi connectivity index (χ4n) is 6.93. The van der Waals surface area contributed by atoms with Gasteiger partial charge in [-0.3, -0.25) is 5.32 Å². The molecule has 0 bridgehead atoms. The maximum atomic E-state index is 14.1. The van der Waals surface area contributed by atoms with Crippen molar-refractivity contribution in [2.45, 2.75) is 201 Å². The summed E-state index contributed by atoms with van der Waals surface area (Å²) in [4.78, 5) is 74.5. The number of carboxylic acids is 1. The molecule has 4 rings (SSSR count). The zero-order valence-corrected chi connectivity index (χ0v) is 47.9. The van der Waals surface area contributed by atoms with E-state index in [1.807, 2.05) is 72.1 Å². The molecular weight excluding hydrogens is 979 g/mol. The molecule has 0 spiro atoms. The van der Waals surface area contributed by atoms with Crippen molar-refractivity contribution in [1.82, 2.24) is 20.3 Å². The Labute approximate surface area is 435 Å². The highest BCUT2D eigenvalue weighted by Crippen LogP contribution is 2.39. The van der Waals surface area contributed by atoms with E-state index in [-0.39, 0.29) is 28.8 Å². The van der Waals surface area contributed by atoms with Crippen molar-refractivity contribution in [1.29, 1.82) is 0 Å². The van der Waals surface area contributed by atoms with Gasteiger partial charge in [-0.15, -0.1) is 16.0 Å². The molecule has 3 heterocycles. The van der Waals surface area contributed by atoms with Gasteiger partial charge >= 0.3 is 30.2 Å². The minimum Gasteiger partial charge on any atom is -0.485 e. The number of aromatic nitrogens is 3. The first-order valence-electron chi connectivity index (χ1n) is 24.5. The van der Waals surface area contributed by atoms with Crippen LogP contribution in [0.5, 0.6) is 5.75 Å². The number of ether oxygens (including phenoxy) is 5. The maximum Gasteiger partial charge on any atom is 0.413 e. The largest absolute Gasteiger partial charge is 0.485 e. The number of aryl methyl sites for hydroxylation is 2. The SMILES string of the molecule is CC(C)(C)OC(=O)NCCC[n+]1cc(-c2ccc3c(c2)CC[C@H](C(C)(O/N=C(\C(=O)O)c2csc(NC(=O)OC(C)(C)C)n2)C(=O)OC(C)(C)C)O3)cn1CC(CNC(=O)OC(C)(C)C)O[Si](C)(C)C(C)(C)C. The van der Waals surface area contributed by atoms with Crippen LogP contribution in [-0.2, 0) is 57.3 Å². The van der Waals surface area contributed by atoms with Crippen LogP contribution in [0, 0.1) is 0 Å². The molecule has 73 heavy (non-hydrogen) atoms. The summed E-state index contributed by atoms with van der Waals surface area (Å²) < 4.78 is 39.7. The van der Waals surface area contributed by atoms with Gasteiger partial charge in [-0.1, -0.05) is 32.0 Å². The zero-order valence-electron chi connectivity index (χ0n) is 46.1. The van der Waals surface area contributed by atoms with Crippen LogP contribution in [0.2, 0.25) is 18.1 Å². The van der Waals surface area contributed by atoms with Gasteiger partial charge in [-0.05, 0) is 144 Å². The molecule has 3 atom stereocenters. The first kappa shape index (κ1) is 59.8. The number of carbonyl (C=O) groups is 5. The molecule has 4 N–H and O–H groups in total. The van der Waals surface area contributed by atoms with Crippen molar-refractivity contribution in [3.05, 3.63) is 47.2 Å². The number of nitrogens with zero attached hydrogens (tertiary/aromatic N) is 4. The summed E-state index contributed by atoms with van der Waals surface area (Å²) in [6.45, 7) is 34.8. The Balaban J connectivity index is 1.67. The summed E-state index contributed by atoms with van der Waals surface area (Å²) in [6, 6.07) is 5.73. The predicted octanol–water partition coefficient (Wildman–Crippen LogP) is 9.38. The summed E-state index contributed by atoms with van der Waals surface area (Å²) in [6.07, 6.45) is 2.08. The van der Waals surface area contributed by atoms with Crippen LogP contribution in [-0.4, -0.2) is 112 Å². The van der Waals surface area contributed by atoms with E-state index >= 15 is 0 Å². The summed E-state index contributed by atoms with van der Waals surface area (Å²) in [7, 11) is -2.36. The Morgan fingerprint density at radius 1 is 0.849 bits per heavy atom. The number of carboxylic acid groups (broad SMARTS) is 1. The summed E-state index contributed by atoms with van der Waals surface area (Å²) in [5.41, 5.74) is -3.14. The molecule has 2 aromatic heterocycles. The molecule has 1 aliphatic heterocycles. The van der Waals surface area contributed by atoms with Crippen LogP contribution in [0.3, 0.4) is 0 Å². The number of oxime groups is 1. The number of amides is 3. The van der Waals surface area contributed by atoms with E-state index in [2.05, 4.69) is 69.3 Å². The standard InChI is InChI=1S/C51H79N7O13SSi/c1-46(2,3)66-41(61)51(16,71-56-39(40(59)60)36-31-72-42(54-36)55-45(64)69-49(10,11)12)38-23-21-33-26-32(20-22-37(33)65-38)34-28-57(25-19-24-52-43(62)67-47(4,5)6)58(29-34)30-35(70-73(17,18)50(13,14)15)27-53-44(63)68-48(7,8)9/h20,22,26,28-29,31,35,38H,19,21,23-25,27,30H2,1-18H3,(H3-,52,53,54,55,59,60,62,63,64)/p+1/b56-39-/t35?,38-,51?/m1/s1. The number of hydrogen-bond acceptors (Lipinski definition) is 15. The highest BCUT2D eigenvalue weighted by atomic mass is 32.1. The fourth-order valence-corrected chi connectivity index (χ4v) is 8.96. The van der Waals surface area contributed by atoms with Crippen molar-refractivity contribution >= 4 is 60.7 Å². The Kier molecular flexibility index (Phi) is 19.0. The summed E-state index contributed by atoms with van der Waals surface area (Å²) in [5.74, 6) is -1.84. The van der Waals surface area contributed by atoms with Crippen molar-refractivity contribution in [3.8, 4) is 16.9 Å². The number of fused-ring (bicyclic) bond motifs is 1. The van der Waals surface area contributed by atoms with E-state index in [0.717, 1.165) is 28.0 Å². The lowest BCUT2D eigenvalue weighted by Crippen LogP contribution is -2.54. The third kappa shape index (κ3) is 18.6. The van der Waals surface area contributed by atoms with E-state index in [4.69, 9.17) is 32.9 Å². The molecule has 2 unspecified atom stereocenters. The van der Waals surface area contributed by atoms with Gasteiger partial charge in [0.25, 0.3) is 5.60 Å². The fraction of sp³-hybridized carbons (Fsp3) is 0.647. The third-order valence-corrected chi connectivity index (χ3v) is 16.6. The number of hydrogen-bond donors (Lipinski definition) is 4. The molecular formula is C51H80N7O13SSi+. The van der Waals surface area contributed by atoms with E-state index < -0.39 is 84.5 Å².